The number of benzene rings is 3. The minimum atomic E-state index is 0.735. The van der Waals surface area contributed by atoms with Gasteiger partial charge in [0.1, 0.15) is 0 Å². The molecule has 5 heteroatoms. The van der Waals surface area contributed by atoms with Crippen molar-refractivity contribution in [3.05, 3.63) is 65.7 Å². The molecule has 0 aromatic heterocycles. The molecular formula is C22H23ClN4. The van der Waals surface area contributed by atoms with Gasteiger partial charge in [0, 0.05) is 50.3 Å². The Bertz CT molecular complexity index is 923. The van der Waals surface area contributed by atoms with Crippen LogP contribution in [0.3, 0.4) is 0 Å². The van der Waals surface area contributed by atoms with Gasteiger partial charge in [-0.3, -0.25) is 0 Å². The first kappa shape index (κ1) is 17.6. The fraction of sp³-hybridized carbons (Fsp3) is 0.182. The fourth-order valence-corrected chi connectivity index (χ4v) is 3.45. The van der Waals surface area contributed by atoms with Gasteiger partial charge in [-0.1, -0.05) is 11.6 Å². The number of rotatable bonds is 3. The number of hydrogen-bond acceptors (Lipinski definition) is 4. The highest BCUT2D eigenvalue weighted by Crippen LogP contribution is 2.49. The first-order chi connectivity index (χ1) is 12.9. The lowest BCUT2D eigenvalue weighted by molar-refractivity contribution is 1.12. The average molecular weight is 379 g/mol. The lowest BCUT2D eigenvalue weighted by Crippen LogP contribution is -2.20. The van der Waals surface area contributed by atoms with Crippen molar-refractivity contribution >= 4 is 51.4 Å². The molecule has 0 atom stereocenters. The molecule has 0 unspecified atom stereocenters. The quantitative estimate of drug-likeness (QED) is 0.472. The van der Waals surface area contributed by atoms with Crippen LogP contribution in [0.15, 0.2) is 60.7 Å². The van der Waals surface area contributed by atoms with Crippen molar-refractivity contribution in [2.24, 2.45) is 0 Å². The molecule has 0 fully saturated rings. The second-order valence-corrected chi connectivity index (χ2v) is 7.57. The lowest BCUT2D eigenvalue weighted by atomic mass is 10.1. The molecule has 4 nitrogen and oxygen atoms in total. The smallest absolute Gasteiger partial charge is 0.0718 e. The third kappa shape index (κ3) is 3.17. The van der Waals surface area contributed by atoms with Gasteiger partial charge < -0.3 is 20.0 Å². The number of anilines is 7. The molecule has 138 valence electrons. The monoisotopic (exact) mass is 378 g/mol. The Hall–Kier alpha value is -2.85. The van der Waals surface area contributed by atoms with E-state index in [-0.39, 0.29) is 0 Å². The maximum atomic E-state index is 6.14. The fourth-order valence-electron chi connectivity index (χ4n) is 3.32. The molecule has 1 aliphatic heterocycles. The molecule has 4 rings (SSSR count). The van der Waals surface area contributed by atoms with Gasteiger partial charge in [0.15, 0.2) is 0 Å². The summed E-state index contributed by atoms with van der Waals surface area (Å²) in [6.07, 6.45) is 0. The zero-order valence-corrected chi connectivity index (χ0v) is 16.7. The van der Waals surface area contributed by atoms with Crippen LogP contribution in [0.5, 0.6) is 0 Å². The van der Waals surface area contributed by atoms with Crippen LogP contribution in [0.1, 0.15) is 0 Å². The van der Waals surface area contributed by atoms with Crippen LogP contribution in [-0.2, 0) is 0 Å². The molecule has 0 saturated heterocycles. The Morgan fingerprint density at radius 2 is 1.19 bits per heavy atom. The Morgan fingerprint density at radius 1 is 0.704 bits per heavy atom. The van der Waals surface area contributed by atoms with Gasteiger partial charge in [-0.25, -0.2) is 0 Å². The van der Waals surface area contributed by atoms with Crippen molar-refractivity contribution in [2.45, 2.75) is 0 Å². The second kappa shape index (κ2) is 6.71. The van der Waals surface area contributed by atoms with Crippen molar-refractivity contribution in [2.75, 3.05) is 48.2 Å². The molecule has 0 aliphatic carbocycles. The lowest BCUT2D eigenvalue weighted by Gasteiger charge is -2.35. The Balaban J connectivity index is 1.94. The van der Waals surface area contributed by atoms with Gasteiger partial charge in [0.2, 0.25) is 0 Å². The van der Waals surface area contributed by atoms with Crippen LogP contribution in [0.4, 0.5) is 39.8 Å². The second-order valence-electron chi connectivity index (χ2n) is 7.13. The first-order valence-corrected chi connectivity index (χ1v) is 9.27. The Morgan fingerprint density at radius 3 is 1.63 bits per heavy atom. The predicted octanol–water partition coefficient (Wildman–Crippen LogP) is 6.00. The van der Waals surface area contributed by atoms with Crippen LogP contribution in [0.2, 0.25) is 5.02 Å². The van der Waals surface area contributed by atoms with E-state index in [1.165, 1.54) is 0 Å². The van der Waals surface area contributed by atoms with E-state index in [1.54, 1.807) is 0 Å². The molecule has 0 spiro atoms. The number of nitrogens with zero attached hydrogens (tertiary/aromatic N) is 3. The molecule has 0 amide bonds. The maximum absolute atomic E-state index is 6.14. The molecule has 0 radical (unpaired) electrons. The molecule has 1 aliphatic rings. The SMILES string of the molecule is CN(C)c1ccc2c(c1)N(c1ccc(Cl)cc1)c1cc(N(C)C)ccc1N2. The number of fused-ring (bicyclic) bond motifs is 2. The van der Waals surface area contributed by atoms with Gasteiger partial charge in [-0.2, -0.15) is 0 Å². The highest BCUT2D eigenvalue weighted by Gasteiger charge is 2.25. The highest BCUT2D eigenvalue weighted by molar-refractivity contribution is 6.30. The molecule has 1 N–H and O–H groups in total. The summed E-state index contributed by atoms with van der Waals surface area (Å²) >= 11 is 6.14. The largest absolute Gasteiger partial charge is 0.378 e. The summed E-state index contributed by atoms with van der Waals surface area (Å²) < 4.78 is 0. The van der Waals surface area contributed by atoms with Crippen molar-refractivity contribution in [1.82, 2.24) is 0 Å². The van der Waals surface area contributed by atoms with Crippen LogP contribution >= 0.6 is 11.6 Å². The molecule has 3 aromatic rings. The summed E-state index contributed by atoms with van der Waals surface area (Å²) in [5.41, 5.74) is 7.79. The van der Waals surface area contributed by atoms with E-state index < -0.39 is 0 Å². The van der Waals surface area contributed by atoms with E-state index in [2.05, 4.69) is 96.7 Å². The van der Waals surface area contributed by atoms with E-state index in [0.29, 0.717) is 0 Å². The molecule has 27 heavy (non-hydrogen) atoms. The predicted molar refractivity (Wildman–Crippen MR) is 118 cm³/mol. The number of nitrogens with one attached hydrogen (secondary N) is 1. The van der Waals surface area contributed by atoms with Gasteiger partial charge in [-0.05, 0) is 60.7 Å². The molecule has 3 aromatic carbocycles. The number of hydrogen-bond donors (Lipinski definition) is 1. The zero-order chi connectivity index (χ0) is 19.1. The van der Waals surface area contributed by atoms with Crippen molar-refractivity contribution in [1.29, 1.82) is 0 Å². The van der Waals surface area contributed by atoms with E-state index in [9.17, 15) is 0 Å². The third-order valence-corrected chi connectivity index (χ3v) is 5.08. The topological polar surface area (TPSA) is 21.8 Å². The van der Waals surface area contributed by atoms with E-state index in [0.717, 1.165) is 44.8 Å². The standard InChI is InChI=1S/C22H23ClN4/c1-25(2)17-9-11-19-21(13-17)27(16-7-5-15(23)6-8-16)22-14-18(26(3)4)10-12-20(22)24-19/h5-14,24H,1-4H3. The minimum absolute atomic E-state index is 0.735. The molecule has 0 bridgehead atoms. The summed E-state index contributed by atoms with van der Waals surface area (Å²) in [4.78, 5) is 6.52. The third-order valence-electron chi connectivity index (χ3n) is 4.83. The van der Waals surface area contributed by atoms with Gasteiger partial charge in [0.25, 0.3) is 0 Å². The van der Waals surface area contributed by atoms with Crippen molar-refractivity contribution in [3.8, 4) is 0 Å². The van der Waals surface area contributed by atoms with Gasteiger partial charge in [0.05, 0.1) is 22.7 Å². The molecular weight excluding hydrogens is 356 g/mol. The van der Waals surface area contributed by atoms with Gasteiger partial charge in [-0.15, -0.1) is 0 Å². The van der Waals surface area contributed by atoms with Crippen LogP contribution in [0.25, 0.3) is 0 Å². The van der Waals surface area contributed by atoms with E-state index >= 15 is 0 Å². The minimum Gasteiger partial charge on any atom is -0.378 e. The maximum Gasteiger partial charge on any atom is 0.0718 e. The highest BCUT2D eigenvalue weighted by atomic mass is 35.5. The summed E-state index contributed by atoms with van der Waals surface area (Å²) in [6, 6.07) is 20.9. The van der Waals surface area contributed by atoms with Crippen LogP contribution < -0.4 is 20.0 Å². The summed E-state index contributed by atoms with van der Waals surface area (Å²) in [7, 11) is 8.23. The van der Waals surface area contributed by atoms with Crippen molar-refractivity contribution in [3.63, 3.8) is 0 Å². The summed E-state index contributed by atoms with van der Waals surface area (Å²) in [5, 5.41) is 4.31. The van der Waals surface area contributed by atoms with Crippen LogP contribution in [0, 0.1) is 0 Å². The van der Waals surface area contributed by atoms with Crippen molar-refractivity contribution < 1.29 is 0 Å². The van der Waals surface area contributed by atoms with E-state index in [4.69, 9.17) is 11.6 Å². The normalized spacial score (nSPS) is 12.1. The molecule has 0 saturated carbocycles. The molecule has 1 heterocycles. The summed E-state index contributed by atoms with van der Waals surface area (Å²) in [5.74, 6) is 0. The van der Waals surface area contributed by atoms with Crippen LogP contribution in [-0.4, -0.2) is 28.2 Å². The Labute approximate surface area is 165 Å². The average Bonchev–Trinajstić information content (AvgIpc) is 2.66. The van der Waals surface area contributed by atoms with E-state index in [1.807, 2.05) is 12.1 Å². The first-order valence-electron chi connectivity index (χ1n) is 8.89. The summed E-state index contributed by atoms with van der Waals surface area (Å²) in [6.45, 7) is 0. The van der Waals surface area contributed by atoms with Gasteiger partial charge >= 0.3 is 0 Å². The number of halogens is 1. The zero-order valence-electron chi connectivity index (χ0n) is 16.0. The Kier molecular flexibility index (Phi) is 4.36.